The Morgan fingerprint density at radius 3 is 2.30 bits per heavy atom. The highest BCUT2D eigenvalue weighted by atomic mass is 32.1. The minimum absolute atomic E-state index is 0.373. The first-order valence-electron chi connectivity index (χ1n) is 9.77. The van der Waals surface area contributed by atoms with E-state index in [-0.39, 0.29) is 0 Å². The maximum atomic E-state index is 11.8. The number of hydrogen-bond donors (Lipinski definition) is 0. The quantitative estimate of drug-likeness (QED) is 0.428. The van der Waals surface area contributed by atoms with Crippen molar-refractivity contribution in [2.45, 2.75) is 59.3 Å². The van der Waals surface area contributed by atoms with E-state index in [1.807, 2.05) is 22.9 Å². The molecule has 0 spiro atoms. The van der Waals surface area contributed by atoms with Gasteiger partial charge in [-0.15, -0.1) is 11.3 Å². The van der Waals surface area contributed by atoms with Crippen LogP contribution in [-0.2, 0) is 0 Å². The van der Waals surface area contributed by atoms with Crippen LogP contribution < -0.4 is 4.74 Å². The van der Waals surface area contributed by atoms with E-state index in [9.17, 15) is 4.79 Å². The van der Waals surface area contributed by atoms with E-state index in [0.717, 1.165) is 41.1 Å². The van der Waals surface area contributed by atoms with Crippen molar-refractivity contribution in [1.82, 2.24) is 9.38 Å². The first-order valence-corrected chi connectivity index (χ1v) is 10.6. The topological polar surface area (TPSA) is 43.6 Å². The van der Waals surface area contributed by atoms with Gasteiger partial charge in [-0.1, -0.05) is 27.7 Å². The Morgan fingerprint density at radius 2 is 1.78 bits per heavy atom. The van der Waals surface area contributed by atoms with Crippen LogP contribution in [0.1, 0.15) is 80.9 Å². The van der Waals surface area contributed by atoms with Gasteiger partial charge in [0.15, 0.2) is 11.2 Å². The molecule has 1 aromatic carbocycles. The number of aldehydes is 1. The SMILES string of the molecule is CCOc1c(C(C)CC)cc(-c2nc3sccn3c2C=O)cc1C(C)CC. The Morgan fingerprint density at radius 1 is 1.15 bits per heavy atom. The minimum Gasteiger partial charge on any atom is -0.493 e. The molecular weight excluding hydrogens is 356 g/mol. The normalized spacial score (nSPS) is 13.7. The molecule has 144 valence electrons. The smallest absolute Gasteiger partial charge is 0.194 e. The lowest BCUT2D eigenvalue weighted by Crippen LogP contribution is -2.07. The van der Waals surface area contributed by atoms with E-state index in [4.69, 9.17) is 9.72 Å². The number of benzene rings is 1. The summed E-state index contributed by atoms with van der Waals surface area (Å²) in [4.78, 5) is 17.4. The second-order valence-corrected chi connectivity index (χ2v) is 7.93. The Labute approximate surface area is 165 Å². The van der Waals surface area contributed by atoms with Crippen LogP contribution in [0.5, 0.6) is 5.75 Å². The highest BCUT2D eigenvalue weighted by molar-refractivity contribution is 7.15. The second kappa shape index (κ2) is 8.26. The number of carbonyl (C=O) groups excluding carboxylic acids is 1. The largest absolute Gasteiger partial charge is 0.493 e. The van der Waals surface area contributed by atoms with Gasteiger partial charge < -0.3 is 4.74 Å². The fourth-order valence-corrected chi connectivity index (χ4v) is 4.14. The lowest BCUT2D eigenvalue weighted by atomic mass is 9.87. The number of aromatic nitrogens is 2. The van der Waals surface area contributed by atoms with E-state index in [0.29, 0.717) is 24.1 Å². The molecule has 0 radical (unpaired) electrons. The minimum atomic E-state index is 0.373. The van der Waals surface area contributed by atoms with E-state index in [1.54, 1.807) is 11.3 Å². The highest BCUT2D eigenvalue weighted by Crippen LogP contribution is 2.41. The van der Waals surface area contributed by atoms with Gasteiger partial charge in [0, 0.05) is 17.1 Å². The van der Waals surface area contributed by atoms with Gasteiger partial charge in [0.2, 0.25) is 0 Å². The molecule has 0 saturated heterocycles. The Bertz CT molecular complexity index is 910. The summed E-state index contributed by atoms with van der Waals surface area (Å²) in [6.07, 6.45) is 4.87. The van der Waals surface area contributed by atoms with Crippen molar-refractivity contribution in [3.8, 4) is 17.0 Å². The standard InChI is InChI=1S/C22H28N2O2S/c1-6-14(4)17-11-16(12-18(15(5)7-2)21(17)26-8-3)20-19(13-25)24-9-10-27-22(24)23-20/h9-15H,6-8H2,1-5H3. The van der Waals surface area contributed by atoms with Crippen molar-refractivity contribution >= 4 is 22.6 Å². The highest BCUT2D eigenvalue weighted by Gasteiger charge is 2.22. The summed E-state index contributed by atoms with van der Waals surface area (Å²) < 4.78 is 7.98. The number of thiazole rings is 1. The molecule has 0 fully saturated rings. The molecule has 2 aromatic heterocycles. The van der Waals surface area contributed by atoms with Crippen LogP contribution >= 0.6 is 11.3 Å². The third-order valence-corrected chi connectivity index (χ3v) is 6.16. The number of imidazole rings is 1. The van der Waals surface area contributed by atoms with Crippen LogP contribution in [-0.4, -0.2) is 22.3 Å². The summed E-state index contributed by atoms with van der Waals surface area (Å²) in [6, 6.07) is 4.34. The number of hydrogen-bond acceptors (Lipinski definition) is 4. The second-order valence-electron chi connectivity index (χ2n) is 7.05. The molecule has 2 atom stereocenters. The summed E-state index contributed by atoms with van der Waals surface area (Å²) in [5, 5.41) is 1.95. The van der Waals surface area contributed by atoms with E-state index < -0.39 is 0 Å². The molecule has 3 aromatic rings. The van der Waals surface area contributed by atoms with Crippen LogP contribution in [0.25, 0.3) is 16.2 Å². The van der Waals surface area contributed by atoms with Crippen molar-refractivity contribution in [2.24, 2.45) is 0 Å². The summed E-state index contributed by atoms with van der Waals surface area (Å²) >= 11 is 1.54. The van der Waals surface area contributed by atoms with Gasteiger partial charge >= 0.3 is 0 Å². The number of ether oxygens (including phenoxy) is 1. The molecule has 0 saturated carbocycles. The molecule has 4 nitrogen and oxygen atoms in total. The predicted molar refractivity (Wildman–Crippen MR) is 112 cm³/mol. The number of rotatable bonds is 8. The van der Waals surface area contributed by atoms with E-state index in [2.05, 4.69) is 39.8 Å². The Balaban J connectivity index is 2.28. The van der Waals surface area contributed by atoms with Gasteiger partial charge in [0.1, 0.15) is 17.1 Å². The molecule has 2 heterocycles. The van der Waals surface area contributed by atoms with Gasteiger partial charge in [-0.25, -0.2) is 4.98 Å². The molecular formula is C22H28N2O2S. The first-order chi connectivity index (χ1) is 13.0. The van der Waals surface area contributed by atoms with Gasteiger partial charge in [0.05, 0.1) is 6.61 Å². The zero-order valence-electron chi connectivity index (χ0n) is 16.8. The predicted octanol–water partition coefficient (Wildman–Crippen LogP) is 6.30. The Hall–Kier alpha value is -2.14. The molecule has 2 unspecified atom stereocenters. The zero-order valence-corrected chi connectivity index (χ0v) is 17.6. The number of nitrogens with zero attached hydrogens (tertiary/aromatic N) is 2. The molecule has 0 N–H and O–H groups in total. The van der Waals surface area contributed by atoms with Crippen LogP contribution in [0.3, 0.4) is 0 Å². The molecule has 0 aliphatic heterocycles. The maximum absolute atomic E-state index is 11.8. The average molecular weight is 385 g/mol. The van der Waals surface area contributed by atoms with Gasteiger partial charge in [-0.05, 0) is 54.9 Å². The van der Waals surface area contributed by atoms with Crippen molar-refractivity contribution in [3.63, 3.8) is 0 Å². The molecule has 0 aliphatic carbocycles. The summed E-state index contributed by atoms with van der Waals surface area (Å²) in [6.45, 7) is 11.5. The Kier molecular flexibility index (Phi) is 6.00. The van der Waals surface area contributed by atoms with Crippen molar-refractivity contribution < 1.29 is 9.53 Å². The van der Waals surface area contributed by atoms with Crippen molar-refractivity contribution in [1.29, 1.82) is 0 Å². The first kappa shape index (κ1) is 19.6. The summed E-state index contributed by atoms with van der Waals surface area (Å²) in [7, 11) is 0. The van der Waals surface area contributed by atoms with E-state index >= 15 is 0 Å². The third kappa shape index (κ3) is 3.53. The lowest BCUT2D eigenvalue weighted by molar-refractivity contribution is 0.111. The number of fused-ring (bicyclic) bond motifs is 1. The summed E-state index contributed by atoms with van der Waals surface area (Å²) in [5.41, 5.74) is 4.79. The summed E-state index contributed by atoms with van der Waals surface area (Å²) in [5.74, 6) is 1.76. The maximum Gasteiger partial charge on any atom is 0.194 e. The zero-order chi connectivity index (χ0) is 19.6. The van der Waals surface area contributed by atoms with Gasteiger partial charge in [-0.3, -0.25) is 9.20 Å². The van der Waals surface area contributed by atoms with Crippen LogP contribution in [0.2, 0.25) is 0 Å². The molecule has 0 bridgehead atoms. The fourth-order valence-electron chi connectivity index (χ4n) is 3.42. The average Bonchev–Trinajstić information content (AvgIpc) is 3.27. The van der Waals surface area contributed by atoms with E-state index in [1.165, 1.54) is 11.1 Å². The number of carbonyl (C=O) groups is 1. The molecule has 0 amide bonds. The molecule has 27 heavy (non-hydrogen) atoms. The molecule has 3 rings (SSSR count). The fraction of sp³-hybridized carbons (Fsp3) is 0.455. The van der Waals surface area contributed by atoms with Crippen molar-refractivity contribution in [2.75, 3.05) is 6.61 Å². The lowest BCUT2D eigenvalue weighted by Gasteiger charge is -2.23. The molecule has 0 aliphatic rings. The van der Waals surface area contributed by atoms with Crippen LogP contribution in [0.4, 0.5) is 0 Å². The third-order valence-electron chi connectivity index (χ3n) is 5.41. The van der Waals surface area contributed by atoms with Gasteiger partial charge in [0.25, 0.3) is 0 Å². The van der Waals surface area contributed by atoms with Crippen LogP contribution in [0.15, 0.2) is 23.7 Å². The monoisotopic (exact) mass is 384 g/mol. The molecule has 5 heteroatoms. The van der Waals surface area contributed by atoms with Crippen molar-refractivity contribution in [3.05, 3.63) is 40.5 Å². The van der Waals surface area contributed by atoms with Gasteiger partial charge in [-0.2, -0.15) is 0 Å². The van der Waals surface area contributed by atoms with Crippen LogP contribution in [0, 0.1) is 0 Å².